The van der Waals surface area contributed by atoms with Crippen LogP contribution < -0.4 is 16.0 Å². The Kier molecular flexibility index (Phi) is 8.51. The molecule has 0 aliphatic heterocycles. The number of carboxylic acids is 1. The number of carbonyl (C=O) groups is 1. The predicted octanol–water partition coefficient (Wildman–Crippen LogP) is 2.97. The number of nitrogens with two attached hydrogens (primary N) is 1. The molecule has 2 aromatic heterocycles. The van der Waals surface area contributed by atoms with E-state index in [4.69, 9.17) is 15.2 Å². The van der Waals surface area contributed by atoms with Crippen molar-refractivity contribution in [1.82, 2.24) is 19.3 Å². The van der Waals surface area contributed by atoms with E-state index in [1.807, 2.05) is 47.0 Å². The third-order valence-corrected chi connectivity index (χ3v) is 6.05. The van der Waals surface area contributed by atoms with Crippen LogP contribution in [0.4, 0.5) is 5.95 Å². The second kappa shape index (κ2) is 12.0. The van der Waals surface area contributed by atoms with E-state index in [1.165, 1.54) is 30.0 Å². The Hall–Kier alpha value is -4.36. The number of benzene rings is 3. The van der Waals surface area contributed by atoms with Crippen LogP contribution in [0.3, 0.4) is 0 Å². The van der Waals surface area contributed by atoms with E-state index in [-0.39, 0.29) is 43.3 Å². The molecule has 11 heteroatoms. The van der Waals surface area contributed by atoms with Crippen molar-refractivity contribution in [2.24, 2.45) is 0 Å². The van der Waals surface area contributed by atoms with Crippen molar-refractivity contribution in [2.75, 3.05) is 19.6 Å². The van der Waals surface area contributed by atoms with E-state index in [0.29, 0.717) is 35.1 Å². The van der Waals surface area contributed by atoms with Gasteiger partial charge in [-0.15, -0.1) is 0 Å². The summed E-state index contributed by atoms with van der Waals surface area (Å²) in [6.07, 6.45) is 0. The molecule has 0 spiro atoms. The van der Waals surface area contributed by atoms with Gasteiger partial charge in [0.1, 0.15) is 5.75 Å². The number of rotatable bonds is 9. The van der Waals surface area contributed by atoms with Crippen molar-refractivity contribution in [2.45, 2.75) is 13.1 Å². The molecule has 3 aromatic carbocycles. The topological polar surface area (TPSA) is 134 Å². The van der Waals surface area contributed by atoms with Gasteiger partial charge in [0.2, 0.25) is 5.95 Å². The third kappa shape index (κ3) is 6.04. The van der Waals surface area contributed by atoms with Gasteiger partial charge in [-0.1, -0.05) is 30.3 Å². The summed E-state index contributed by atoms with van der Waals surface area (Å²) < 4.78 is 14.1. The van der Waals surface area contributed by atoms with Crippen molar-refractivity contribution < 1.29 is 19.4 Å². The first-order valence-corrected chi connectivity index (χ1v) is 11.8. The molecule has 0 saturated carbocycles. The number of para-hydroxylation sites is 2. The first-order chi connectivity index (χ1) is 18.4. The molecule has 0 atom stereocenters. The van der Waals surface area contributed by atoms with Gasteiger partial charge in [-0.25, -0.2) is 14.5 Å². The number of hydrogen-bond donors (Lipinski definition) is 2. The maximum absolute atomic E-state index is 12.6. The van der Waals surface area contributed by atoms with Crippen molar-refractivity contribution in [1.29, 1.82) is 0 Å². The van der Waals surface area contributed by atoms with Gasteiger partial charge in [0, 0.05) is 18.7 Å². The van der Waals surface area contributed by atoms with Crippen molar-refractivity contribution in [3.8, 4) is 17.0 Å². The second-order valence-electron chi connectivity index (χ2n) is 8.65. The summed E-state index contributed by atoms with van der Waals surface area (Å²) in [7, 11) is 1.53. The fourth-order valence-corrected chi connectivity index (χ4v) is 4.25. The molecular formula is C28H26LiN5O5. The monoisotopic (exact) mass is 519 g/mol. The Balaban J connectivity index is 0.00000353. The quantitative estimate of drug-likeness (QED) is 0.224. The van der Waals surface area contributed by atoms with Gasteiger partial charge in [-0.3, -0.25) is 4.79 Å². The molecular weight excluding hydrogens is 493 g/mol. The van der Waals surface area contributed by atoms with Crippen LogP contribution in [0.15, 0.2) is 83.7 Å². The van der Waals surface area contributed by atoms with E-state index in [0.717, 1.165) is 16.6 Å². The molecule has 194 valence electrons. The van der Waals surface area contributed by atoms with E-state index in [1.54, 1.807) is 18.2 Å². The van der Waals surface area contributed by atoms with Crippen LogP contribution in [0.1, 0.15) is 21.5 Å². The van der Waals surface area contributed by atoms with E-state index >= 15 is 0 Å². The molecule has 3 N–H and O–H groups in total. The molecule has 5 aromatic rings. The number of aromatic carboxylic acids is 1. The van der Waals surface area contributed by atoms with Crippen LogP contribution in [-0.2, 0) is 17.8 Å². The average Bonchev–Trinajstić information content (AvgIpc) is 3.24. The van der Waals surface area contributed by atoms with Crippen LogP contribution in [0.5, 0.6) is 5.75 Å². The van der Waals surface area contributed by atoms with Crippen LogP contribution in [0.25, 0.3) is 22.3 Å². The summed E-state index contributed by atoms with van der Waals surface area (Å²) in [5, 5.41) is 13.9. The maximum atomic E-state index is 12.6. The Labute approximate surface area is 235 Å². The molecule has 10 nitrogen and oxygen atoms in total. The molecule has 5 rings (SSSR count). The Morgan fingerprint density at radius 3 is 2.56 bits per heavy atom. The minimum atomic E-state index is -1.04. The van der Waals surface area contributed by atoms with Crippen LogP contribution in [0, 0.1) is 0 Å². The summed E-state index contributed by atoms with van der Waals surface area (Å²) in [6, 6.07) is 22.9. The van der Waals surface area contributed by atoms with Gasteiger partial charge >= 0.3 is 24.8 Å². The number of methoxy groups -OCH3 is 1. The number of ether oxygens (including phenoxy) is 2. The second-order valence-corrected chi connectivity index (χ2v) is 8.65. The van der Waals surface area contributed by atoms with Crippen LogP contribution in [-0.4, -0.2) is 63.2 Å². The zero-order valence-corrected chi connectivity index (χ0v) is 20.6. The Morgan fingerprint density at radius 1 is 0.974 bits per heavy atom. The first kappa shape index (κ1) is 27.7. The first-order valence-electron chi connectivity index (χ1n) is 11.8. The number of hydrogen-bond acceptors (Lipinski definition) is 7. The van der Waals surface area contributed by atoms with Crippen molar-refractivity contribution >= 4 is 41.8 Å². The number of nitrogen functional groups attached to an aromatic ring is 1. The van der Waals surface area contributed by atoms with Gasteiger partial charge in [0.25, 0.3) is 5.56 Å². The number of fused-ring (bicyclic) bond motifs is 1. The number of imidazole rings is 1. The number of carboxylic acid groups (broad SMARTS) is 1. The molecule has 0 bridgehead atoms. The summed E-state index contributed by atoms with van der Waals surface area (Å²) in [5.41, 5.74) is 10.5. The fourth-order valence-electron chi connectivity index (χ4n) is 4.25. The molecule has 0 aliphatic carbocycles. The van der Waals surface area contributed by atoms with Crippen molar-refractivity contribution in [3.05, 3.63) is 106 Å². The summed E-state index contributed by atoms with van der Waals surface area (Å²) in [4.78, 5) is 28.4. The van der Waals surface area contributed by atoms with Gasteiger partial charge < -0.3 is 24.9 Å². The predicted molar refractivity (Wildman–Crippen MR) is 149 cm³/mol. The molecule has 0 radical (unpaired) electrons. The summed E-state index contributed by atoms with van der Waals surface area (Å²) in [6.45, 7) is 0.609. The summed E-state index contributed by atoms with van der Waals surface area (Å²) >= 11 is 0. The average molecular weight is 519 g/mol. The zero-order valence-electron chi connectivity index (χ0n) is 20.6. The Bertz CT molecular complexity index is 1700. The molecule has 0 unspecified atom stereocenters. The molecule has 0 aliphatic rings. The minimum absolute atomic E-state index is 0. The van der Waals surface area contributed by atoms with E-state index < -0.39 is 5.97 Å². The molecule has 0 fully saturated rings. The molecule has 2 heterocycles. The van der Waals surface area contributed by atoms with Crippen LogP contribution in [0.2, 0.25) is 0 Å². The van der Waals surface area contributed by atoms with E-state index in [2.05, 4.69) is 10.1 Å². The fraction of sp³-hybridized carbons (Fsp3) is 0.143. The Morgan fingerprint density at radius 2 is 1.77 bits per heavy atom. The summed E-state index contributed by atoms with van der Waals surface area (Å²) in [5.74, 6) is -0.101. The van der Waals surface area contributed by atoms with Gasteiger partial charge in [-0.2, -0.15) is 5.10 Å². The standard InChI is InChI=1S/C28H25N5O5.Li.H/c1-37-17-38-25-11-9-19(15-32-24-8-3-2-7-23(24)30-28(32)29)14-21(25)22-10-12-26(34)33(31-22)16-18-5-4-6-20(13-18)27(35)36;;/h2-14H,15-17H2,1H3,(H2,29,30)(H,35,36);;. The number of nitrogens with zero attached hydrogens (tertiary/aromatic N) is 4. The van der Waals surface area contributed by atoms with E-state index in [9.17, 15) is 14.7 Å². The van der Waals surface area contributed by atoms with Gasteiger partial charge in [-0.05, 0) is 53.6 Å². The van der Waals surface area contributed by atoms with Gasteiger partial charge in [0.15, 0.2) is 6.79 Å². The number of aromatic nitrogens is 4. The number of anilines is 1. The van der Waals surface area contributed by atoms with Crippen molar-refractivity contribution in [3.63, 3.8) is 0 Å². The molecule has 39 heavy (non-hydrogen) atoms. The third-order valence-electron chi connectivity index (χ3n) is 6.05. The molecule has 0 amide bonds. The molecule has 0 saturated heterocycles. The van der Waals surface area contributed by atoms with Gasteiger partial charge in [0.05, 0.1) is 35.4 Å². The SMILES string of the molecule is COCOc1ccc(Cn2c(N)nc3ccccc32)cc1-c1ccc(=O)n(Cc2cccc(C(=O)O)c2)n1.[LiH]. The normalized spacial score (nSPS) is 10.8. The zero-order chi connectivity index (χ0) is 26.6. The van der Waals surface area contributed by atoms with Crippen LogP contribution >= 0.6 is 0 Å².